The van der Waals surface area contributed by atoms with Gasteiger partial charge in [0, 0.05) is 24.8 Å². The van der Waals surface area contributed by atoms with E-state index in [0.29, 0.717) is 23.8 Å². The van der Waals surface area contributed by atoms with Gasteiger partial charge in [0.1, 0.15) is 5.82 Å². The maximum atomic E-state index is 13.4. The summed E-state index contributed by atoms with van der Waals surface area (Å²) in [4.78, 5) is 14.0. The SMILES string of the molecule is CNC1CCN(CC(=O)Nc2ccc(C)c(F)c2)C1. The fourth-order valence-corrected chi connectivity index (χ4v) is 2.29. The van der Waals surface area contributed by atoms with Crippen LogP contribution in [-0.4, -0.2) is 43.5 Å². The molecule has 1 aromatic carbocycles. The molecule has 1 aliphatic rings. The summed E-state index contributed by atoms with van der Waals surface area (Å²) in [5.74, 6) is -0.394. The summed E-state index contributed by atoms with van der Waals surface area (Å²) in [6.07, 6.45) is 1.06. The van der Waals surface area contributed by atoms with Crippen LogP contribution in [0.25, 0.3) is 0 Å². The molecule has 0 aromatic heterocycles. The van der Waals surface area contributed by atoms with Gasteiger partial charge in [0.2, 0.25) is 5.91 Å². The number of nitrogens with one attached hydrogen (secondary N) is 2. The van der Waals surface area contributed by atoms with Crippen LogP contribution in [0.4, 0.5) is 10.1 Å². The highest BCUT2D eigenvalue weighted by Gasteiger charge is 2.22. The van der Waals surface area contributed by atoms with E-state index in [1.54, 1.807) is 19.1 Å². The molecule has 5 heteroatoms. The number of nitrogens with zero attached hydrogens (tertiary/aromatic N) is 1. The number of hydrogen-bond donors (Lipinski definition) is 2. The van der Waals surface area contributed by atoms with E-state index in [1.807, 2.05) is 7.05 Å². The van der Waals surface area contributed by atoms with E-state index in [-0.39, 0.29) is 11.7 Å². The molecule has 0 aliphatic carbocycles. The molecule has 4 nitrogen and oxygen atoms in total. The van der Waals surface area contributed by atoms with E-state index in [0.717, 1.165) is 19.5 Å². The van der Waals surface area contributed by atoms with Gasteiger partial charge in [0.25, 0.3) is 0 Å². The zero-order valence-electron chi connectivity index (χ0n) is 11.4. The number of anilines is 1. The van der Waals surface area contributed by atoms with E-state index in [1.165, 1.54) is 6.07 Å². The first-order valence-corrected chi connectivity index (χ1v) is 6.54. The molecule has 0 bridgehead atoms. The molecule has 1 aliphatic heterocycles. The summed E-state index contributed by atoms with van der Waals surface area (Å²) in [5.41, 5.74) is 1.09. The molecule has 2 rings (SSSR count). The van der Waals surface area contributed by atoms with Gasteiger partial charge in [0.05, 0.1) is 6.54 Å². The van der Waals surface area contributed by atoms with E-state index >= 15 is 0 Å². The third-order valence-electron chi connectivity index (χ3n) is 3.50. The number of benzene rings is 1. The Hall–Kier alpha value is -1.46. The van der Waals surface area contributed by atoms with E-state index in [2.05, 4.69) is 15.5 Å². The maximum Gasteiger partial charge on any atom is 0.238 e. The number of carbonyl (C=O) groups excluding carboxylic acids is 1. The van der Waals surface area contributed by atoms with Crippen LogP contribution in [0.3, 0.4) is 0 Å². The number of hydrogen-bond acceptors (Lipinski definition) is 3. The van der Waals surface area contributed by atoms with E-state index in [9.17, 15) is 9.18 Å². The number of aryl methyl sites for hydroxylation is 1. The fourth-order valence-electron chi connectivity index (χ4n) is 2.29. The van der Waals surface area contributed by atoms with Gasteiger partial charge in [0.15, 0.2) is 0 Å². The normalized spacial score (nSPS) is 19.6. The van der Waals surface area contributed by atoms with Crippen LogP contribution in [0.2, 0.25) is 0 Å². The zero-order chi connectivity index (χ0) is 13.8. The van der Waals surface area contributed by atoms with Gasteiger partial charge in [-0.1, -0.05) is 6.07 Å². The predicted molar refractivity (Wildman–Crippen MR) is 73.7 cm³/mol. The van der Waals surface area contributed by atoms with Crippen LogP contribution in [0.1, 0.15) is 12.0 Å². The number of likely N-dealkylation sites (tertiary alicyclic amines) is 1. The lowest BCUT2D eigenvalue weighted by Crippen LogP contribution is -2.34. The van der Waals surface area contributed by atoms with Crippen molar-refractivity contribution in [2.75, 3.05) is 32.0 Å². The van der Waals surface area contributed by atoms with Crippen molar-refractivity contribution in [3.05, 3.63) is 29.6 Å². The molecule has 1 heterocycles. The Bertz CT molecular complexity index is 464. The molecule has 0 saturated carbocycles. The summed E-state index contributed by atoms with van der Waals surface area (Å²) in [6, 6.07) is 5.20. The van der Waals surface area contributed by atoms with Gasteiger partial charge in [-0.2, -0.15) is 0 Å². The lowest BCUT2D eigenvalue weighted by molar-refractivity contribution is -0.117. The van der Waals surface area contributed by atoms with Gasteiger partial charge in [-0.05, 0) is 38.1 Å². The van der Waals surface area contributed by atoms with E-state index in [4.69, 9.17) is 0 Å². The van der Waals surface area contributed by atoms with Crippen molar-refractivity contribution >= 4 is 11.6 Å². The summed E-state index contributed by atoms with van der Waals surface area (Å²) in [6.45, 7) is 3.85. The molecule has 1 saturated heterocycles. The number of carbonyl (C=O) groups is 1. The van der Waals surface area contributed by atoms with Crippen molar-refractivity contribution in [1.82, 2.24) is 10.2 Å². The minimum absolute atomic E-state index is 0.0972. The molecular weight excluding hydrogens is 245 g/mol. The second-order valence-corrected chi connectivity index (χ2v) is 5.02. The largest absolute Gasteiger partial charge is 0.325 e. The molecule has 0 radical (unpaired) electrons. The standard InChI is InChI=1S/C14H20FN3O/c1-10-3-4-11(7-13(10)15)17-14(19)9-18-6-5-12(8-18)16-2/h3-4,7,12,16H,5-6,8-9H2,1-2H3,(H,17,19). The van der Waals surface area contributed by atoms with Gasteiger partial charge in [-0.25, -0.2) is 4.39 Å². The summed E-state index contributed by atoms with van der Waals surface area (Å²) in [5, 5.41) is 5.94. The van der Waals surface area contributed by atoms with Crippen LogP contribution < -0.4 is 10.6 Å². The number of amides is 1. The molecule has 1 aromatic rings. The molecule has 2 N–H and O–H groups in total. The highest BCUT2D eigenvalue weighted by Crippen LogP contribution is 2.14. The van der Waals surface area contributed by atoms with Crippen LogP contribution >= 0.6 is 0 Å². The third kappa shape index (κ3) is 3.75. The van der Waals surface area contributed by atoms with Crippen molar-refractivity contribution in [3.8, 4) is 0 Å². The lowest BCUT2D eigenvalue weighted by Gasteiger charge is -2.15. The van der Waals surface area contributed by atoms with Crippen molar-refractivity contribution in [3.63, 3.8) is 0 Å². The Kier molecular flexibility index (Phi) is 4.50. The first-order valence-electron chi connectivity index (χ1n) is 6.54. The highest BCUT2D eigenvalue weighted by atomic mass is 19.1. The van der Waals surface area contributed by atoms with Crippen LogP contribution in [-0.2, 0) is 4.79 Å². The molecule has 19 heavy (non-hydrogen) atoms. The van der Waals surface area contributed by atoms with Crippen molar-refractivity contribution in [2.24, 2.45) is 0 Å². The molecule has 1 atom stereocenters. The molecule has 104 valence electrons. The van der Waals surface area contributed by atoms with Crippen LogP contribution in [0.5, 0.6) is 0 Å². The fraction of sp³-hybridized carbons (Fsp3) is 0.500. The molecular formula is C14H20FN3O. The van der Waals surface area contributed by atoms with Crippen molar-refractivity contribution in [2.45, 2.75) is 19.4 Å². The van der Waals surface area contributed by atoms with Gasteiger partial charge in [-0.15, -0.1) is 0 Å². The smallest absolute Gasteiger partial charge is 0.238 e. The summed E-state index contributed by atoms with van der Waals surface area (Å²) in [7, 11) is 1.93. The molecule has 0 spiro atoms. The Morgan fingerprint density at radius 3 is 2.95 bits per heavy atom. The number of rotatable bonds is 4. The lowest BCUT2D eigenvalue weighted by atomic mass is 10.2. The monoisotopic (exact) mass is 265 g/mol. The zero-order valence-corrected chi connectivity index (χ0v) is 11.4. The predicted octanol–water partition coefficient (Wildman–Crippen LogP) is 1.37. The highest BCUT2D eigenvalue weighted by molar-refractivity contribution is 5.92. The summed E-state index contributed by atoms with van der Waals surface area (Å²) < 4.78 is 13.4. The van der Waals surface area contributed by atoms with Gasteiger partial charge < -0.3 is 10.6 Å². The van der Waals surface area contributed by atoms with Crippen molar-refractivity contribution in [1.29, 1.82) is 0 Å². The first kappa shape index (κ1) is 14.0. The van der Waals surface area contributed by atoms with Crippen molar-refractivity contribution < 1.29 is 9.18 Å². The first-order chi connectivity index (χ1) is 9.08. The maximum absolute atomic E-state index is 13.4. The third-order valence-corrected chi connectivity index (χ3v) is 3.50. The van der Waals surface area contributed by atoms with Crippen LogP contribution in [0, 0.1) is 12.7 Å². The average Bonchev–Trinajstić information content (AvgIpc) is 2.81. The Labute approximate surface area is 113 Å². The average molecular weight is 265 g/mol. The molecule has 1 unspecified atom stereocenters. The minimum Gasteiger partial charge on any atom is -0.325 e. The second-order valence-electron chi connectivity index (χ2n) is 5.02. The van der Waals surface area contributed by atoms with E-state index < -0.39 is 0 Å². The number of halogens is 1. The topological polar surface area (TPSA) is 44.4 Å². The molecule has 1 fully saturated rings. The van der Waals surface area contributed by atoms with Gasteiger partial charge >= 0.3 is 0 Å². The van der Waals surface area contributed by atoms with Gasteiger partial charge in [-0.3, -0.25) is 9.69 Å². The summed E-state index contributed by atoms with van der Waals surface area (Å²) >= 11 is 0. The quantitative estimate of drug-likeness (QED) is 0.864. The van der Waals surface area contributed by atoms with Crippen LogP contribution in [0.15, 0.2) is 18.2 Å². The molecule has 1 amide bonds. The minimum atomic E-state index is -0.297. The second kappa shape index (κ2) is 6.12. The Morgan fingerprint density at radius 2 is 2.32 bits per heavy atom. The Morgan fingerprint density at radius 1 is 1.53 bits per heavy atom. The Balaban J connectivity index is 1.86. The number of likely N-dealkylation sites (N-methyl/N-ethyl adjacent to an activating group) is 1.